The average molecular weight is 238 g/mol. The molecule has 5 heteroatoms. The minimum Gasteiger partial charge on any atom is -0.370 e. The molecule has 1 amide bonds. The van der Waals surface area contributed by atoms with Gasteiger partial charge in [-0.25, -0.2) is 4.98 Å². The molecule has 0 radical (unpaired) electrons. The van der Waals surface area contributed by atoms with Crippen LogP contribution in [0.25, 0.3) is 0 Å². The molecule has 1 atom stereocenters. The largest absolute Gasteiger partial charge is 0.370 e. The Bertz CT molecular complexity index is 359. The van der Waals surface area contributed by atoms with Crippen LogP contribution in [0.5, 0.6) is 0 Å². The van der Waals surface area contributed by atoms with Crippen LogP contribution in [-0.4, -0.2) is 22.0 Å². The summed E-state index contributed by atoms with van der Waals surface area (Å²) in [5, 5.41) is 3.34. The van der Waals surface area contributed by atoms with Crippen molar-refractivity contribution in [2.75, 3.05) is 6.54 Å². The molecule has 1 aromatic heterocycles. The summed E-state index contributed by atoms with van der Waals surface area (Å²) < 4.78 is 2.07. The molecule has 96 valence electrons. The Morgan fingerprint density at radius 1 is 1.59 bits per heavy atom. The summed E-state index contributed by atoms with van der Waals surface area (Å²) in [6.07, 6.45) is 4.92. The van der Waals surface area contributed by atoms with Gasteiger partial charge in [0.25, 0.3) is 0 Å². The number of nitrogens with two attached hydrogens (primary N) is 1. The van der Waals surface area contributed by atoms with Crippen molar-refractivity contribution in [2.24, 2.45) is 5.73 Å². The van der Waals surface area contributed by atoms with E-state index in [0.29, 0.717) is 12.5 Å². The van der Waals surface area contributed by atoms with Gasteiger partial charge in [-0.15, -0.1) is 0 Å². The third kappa shape index (κ3) is 3.85. The normalized spacial score (nSPS) is 12.9. The molecule has 0 bridgehead atoms. The average Bonchev–Trinajstić information content (AvgIpc) is 2.72. The van der Waals surface area contributed by atoms with E-state index in [0.717, 1.165) is 18.7 Å². The Labute approximate surface area is 102 Å². The van der Waals surface area contributed by atoms with Crippen molar-refractivity contribution >= 4 is 5.91 Å². The lowest BCUT2D eigenvalue weighted by atomic mass is 10.1. The zero-order chi connectivity index (χ0) is 12.8. The van der Waals surface area contributed by atoms with Gasteiger partial charge in [0.15, 0.2) is 0 Å². The van der Waals surface area contributed by atoms with E-state index in [1.807, 2.05) is 0 Å². The second-order valence-corrected chi connectivity index (χ2v) is 4.50. The van der Waals surface area contributed by atoms with E-state index in [4.69, 9.17) is 5.73 Å². The first-order valence-corrected chi connectivity index (χ1v) is 6.09. The molecule has 0 aliphatic rings. The molecular formula is C12H22N4O. The van der Waals surface area contributed by atoms with E-state index in [9.17, 15) is 4.79 Å². The Morgan fingerprint density at radius 3 is 2.82 bits per heavy atom. The molecule has 0 fully saturated rings. The highest BCUT2D eigenvalue weighted by Crippen LogP contribution is 2.19. The minimum absolute atomic E-state index is 0.0441. The van der Waals surface area contributed by atoms with Crippen LogP contribution in [0.15, 0.2) is 12.5 Å². The third-order valence-corrected chi connectivity index (χ3v) is 2.66. The highest BCUT2D eigenvalue weighted by atomic mass is 16.1. The maximum absolute atomic E-state index is 11.1. The van der Waals surface area contributed by atoms with E-state index < -0.39 is 0 Å². The van der Waals surface area contributed by atoms with Crippen molar-refractivity contribution in [3.63, 3.8) is 0 Å². The summed E-state index contributed by atoms with van der Waals surface area (Å²) in [7, 11) is 0. The van der Waals surface area contributed by atoms with Crippen LogP contribution >= 0.6 is 0 Å². The fraction of sp³-hybridized carbons (Fsp3) is 0.667. The highest BCUT2D eigenvalue weighted by Gasteiger charge is 2.18. The number of hydrogen-bond acceptors (Lipinski definition) is 3. The summed E-state index contributed by atoms with van der Waals surface area (Å²) in [6, 6.07) is 0.281. The lowest BCUT2D eigenvalue weighted by Gasteiger charge is -2.20. The number of hydrogen-bond donors (Lipinski definition) is 2. The first-order chi connectivity index (χ1) is 8.06. The van der Waals surface area contributed by atoms with Gasteiger partial charge in [0.1, 0.15) is 0 Å². The summed E-state index contributed by atoms with van der Waals surface area (Å²) in [5.74, 6) is -0.296. The zero-order valence-electron chi connectivity index (χ0n) is 10.8. The summed E-state index contributed by atoms with van der Waals surface area (Å²) in [6.45, 7) is 7.13. The van der Waals surface area contributed by atoms with Crippen molar-refractivity contribution in [1.82, 2.24) is 14.9 Å². The second-order valence-electron chi connectivity index (χ2n) is 4.50. The van der Waals surface area contributed by atoms with Gasteiger partial charge in [0.05, 0.1) is 18.1 Å². The van der Waals surface area contributed by atoms with E-state index >= 15 is 0 Å². The third-order valence-electron chi connectivity index (χ3n) is 2.66. The number of aromatic nitrogens is 2. The monoisotopic (exact) mass is 238 g/mol. The lowest BCUT2D eigenvalue weighted by molar-refractivity contribution is -0.118. The Morgan fingerprint density at radius 2 is 2.29 bits per heavy atom. The molecule has 1 rings (SSSR count). The SMILES string of the molecule is CCCNC(CC(N)=O)c1cncn1C(C)C. The number of amides is 1. The van der Waals surface area contributed by atoms with Crippen molar-refractivity contribution in [3.05, 3.63) is 18.2 Å². The summed E-state index contributed by atoms with van der Waals surface area (Å²) >= 11 is 0. The van der Waals surface area contributed by atoms with Crippen LogP contribution in [0.3, 0.4) is 0 Å². The second kappa shape index (κ2) is 6.39. The number of primary amides is 1. The van der Waals surface area contributed by atoms with Crippen LogP contribution in [0, 0.1) is 0 Å². The predicted octanol–water partition coefficient (Wildman–Crippen LogP) is 1.38. The Hall–Kier alpha value is -1.36. The van der Waals surface area contributed by atoms with Crippen molar-refractivity contribution in [2.45, 2.75) is 45.7 Å². The van der Waals surface area contributed by atoms with Gasteiger partial charge in [-0.2, -0.15) is 0 Å². The molecule has 0 aliphatic carbocycles. The Kier molecular flexibility index (Phi) is 5.15. The number of rotatable bonds is 7. The molecule has 0 spiro atoms. The number of carbonyl (C=O) groups excluding carboxylic acids is 1. The van der Waals surface area contributed by atoms with E-state index in [-0.39, 0.29) is 11.9 Å². The van der Waals surface area contributed by atoms with Crippen molar-refractivity contribution in [3.8, 4) is 0 Å². The number of carbonyl (C=O) groups is 1. The molecule has 17 heavy (non-hydrogen) atoms. The summed E-state index contributed by atoms with van der Waals surface area (Å²) in [4.78, 5) is 15.3. The van der Waals surface area contributed by atoms with Crippen molar-refractivity contribution < 1.29 is 4.79 Å². The molecule has 1 unspecified atom stereocenters. The van der Waals surface area contributed by atoms with Gasteiger partial charge in [-0.05, 0) is 26.8 Å². The number of nitrogens with zero attached hydrogens (tertiary/aromatic N) is 2. The molecule has 3 N–H and O–H groups in total. The first kappa shape index (κ1) is 13.7. The van der Waals surface area contributed by atoms with Gasteiger partial charge in [0.2, 0.25) is 5.91 Å². The molecule has 0 saturated heterocycles. The van der Waals surface area contributed by atoms with Gasteiger partial charge in [-0.3, -0.25) is 4.79 Å². The molecular weight excluding hydrogens is 216 g/mol. The minimum atomic E-state index is -0.296. The topological polar surface area (TPSA) is 72.9 Å². The molecule has 0 saturated carbocycles. The maximum atomic E-state index is 11.1. The lowest BCUT2D eigenvalue weighted by Crippen LogP contribution is -2.29. The zero-order valence-corrected chi connectivity index (χ0v) is 10.8. The summed E-state index contributed by atoms with van der Waals surface area (Å²) in [5.41, 5.74) is 6.31. The fourth-order valence-corrected chi connectivity index (χ4v) is 1.82. The predicted molar refractivity (Wildman–Crippen MR) is 67.5 cm³/mol. The van der Waals surface area contributed by atoms with Crippen LogP contribution in [0.4, 0.5) is 0 Å². The number of imidazole rings is 1. The van der Waals surface area contributed by atoms with Gasteiger partial charge >= 0.3 is 0 Å². The van der Waals surface area contributed by atoms with Crippen LogP contribution in [0.2, 0.25) is 0 Å². The van der Waals surface area contributed by atoms with E-state index in [1.165, 1.54) is 0 Å². The van der Waals surface area contributed by atoms with E-state index in [1.54, 1.807) is 12.5 Å². The van der Waals surface area contributed by atoms with Gasteiger partial charge in [0, 0.05) is 18.7 Å². The molecule has 0 aliphatic heterocycles. The number of nitrogens with one attached hydrogen (secondary N) is 1. The van der Waals surface area contributed by atoms with Crippen LogP contribution < -0.4 is 11.1 Å². The quantitative estimate of drug-likeness (QED) is 0.753. The highest BCUT2D eigenvalue weighted by molar-refractivity contribution is 5.74. The van der Waals surface area contributed by atoms with Gasteiger partial charge in [-0.1, -0.05) is 6.92 Å². The molecule has 1 heterocycles. The van der Waals surface area contributed by atoms with Crippen LogP contribution in [0.1, 0.15) is 51.4 Å². The maximum Gasteiger partial charge on any atom is 0.219 e. The van der Waals surface area contributed by atoms with E-state index in [2.05, 4.69) is 35.6 Å². The molecule has 0 aromatic carbocycles. The van der Waals surface area contributed by atoms with Gasteiger partial charge < -0.3 is 15.6 Å². The molecule has 5 nitrogen and oxygen atoms in total. The first-order valence-electron chi connectivity index (χ1n) is 6.09. The fourth-order valence-electron chi connectivity index (χ4n) is 1.82. The smallest absolute Gasteiger partial charge is 0.219 e. The van der Waals surface area contributed by atoms with Crippen molar-refractivity contribution in [1.29, 1.82) is 0 Å². The van der Waals surface area contributed by atoms with Crippen LogP contribution in [-0.2, 0) is 4.79 Å². The standard InChI is InChI=1S/C12H22N4O/c1-4-5-15-10(6-12(13)17)11-7-14-8-16(11)9(2)3/h7-10,15H,4-6H2,1-3H3,(H2,13,17). The Balaban J connectivity index is 2.86. The molecule has 1 aromatic rings.